The molecule has 5 aliphatic rings. The Morgan fingerprint density at radius 1 is 1.13 bits per heavy atom. The molecule has 3 heterocycles. The van der Waals surface area contributed by atoms with Crippen LogP contribution in [-0.4, -0.2) is 114 Å². The van der Waals surface area contributed by atoms with E-state index in [1.165, 1.54) is 11.1 Å². The molecule has 2 aromatic carbocycles. The minimum atomic E-state index is -2.99. The lowest BCUT2D eigenvalue weighted by atomic mass is 9.63. The van der Waals surface area contributed by atoms with Gasteiger partial charge in [-0.25, -0.2) is 4.21 Å². The van der Waals surface area contributed by atoms with Crippen LogP contribution in [0.25, 0.3) is 0 Å². The van der Waals surface area contributed by atoms with Gasteiger partial charge in [0.15, 0.2) is 0 Å². The van der Waals surface area contributed by atoms with Crippen LogP contribution in [0.2, 0.25) is 5.02 Å². The molecule has 1 amide bonds. The van der Waals surface area contributed by atoms with E-state index < -0.39 is 27.2 Å². The number of halogens is 1. The summed E-state index contributed by atoms with van der Waals surface area (Å²) in [5.74, 6) is 4.12. The van der Waals surface area contributed by atoms with E-state index in [-0.39, 0.29) is 29.0 Å². The fourth-order valence-electron chi connectivity index (χ4n) is 9.55. The standard InChI is InChI=1S/C41H55ClN4O6S/c1-28-7-5-16-41(51-3,26-45-19-17-44(18-20-45)24-38(47)48)35-12-9-32(35)23-46-25-40(15-6-8-30-21-33(42)11-13-34(30)40)27-52-37-14-10-31(22-36(37)46)39(49)43-53(4,50)29(28)2/h5,10-11,13-14,16,21-22,28-29,32,35H,4,6-9,12,15,17-20,23-27H2,1-3H3,(H,47,48)(H,43,49,50)/b16-5+/t28-,29+,32-,35+,40-,41+,53?/m0/s1. The summed E-state index contributed by atoms with van der Waals surface area (Å²) in [6.07, 6.45) is 10.2. The molecule has 12 heteroatoms. The van der Waals surface area contributed by atoms with Gasteiger partial charge in [0.1, 0.15) is 11.4 Å². The number of hydrogen-bond donors (Lipinski definition) is 2. The fraction of sp³-hybridized carbons (Fsp3) is 0.585. The molecule has 10 nitrogen and oxygen atoms in total. The van der Waals surface area contributed by atoms with Gasteiger partial charge in [-0.05, 0) is 111 Å². The number of hydrogen-bond acceptors (Lipinski definition) is 8. The van der Waals surface area contributed by atoms with Gasteiger partial charge in [-0.1, -0.05) is 36.7 Å². The van der Waals surface area contributed by atoms with E-state index in [0.29, 0.717) is 44.1 Å². The summed E-state index contributed by atoms with van der Waals surface area (Å²) in [5.41, 5.74) is 3.03. The second kappa shape index (κ2) is 15.2. The van der Waals surface area contributed by atoms with Crippen molar-refractivity contribution in [3.05, 3.63) is 70.3 Å². The van der Waals surface area contributed by atoms with E-state index in [0.717, 1.165) is 74.7 Å². The Kier molecular flexibility index (Phi) is 11.0. The molecule has 1 spiro atoms. The number of ether oxygens (including phenoxy) is 2. The van der Waals surface area contributed by atoms with Crippen LogP contribution in [0.3, 0.4) is 0 Å². The Labute approximate surface area is 320 Å². The molecular formula is C41H55ClN4O6S. The number of aliphatic carboxylic acids is 1. The third-order valence-electron chi connectivity index (χ3n) is 13.0. The molecule has 53 heavy (non-hydrogen) atoms. The van der Waals surface area contributed by atoms with Crippen LogP contribution < -0.4 is 14.4 Å². The van der Waals surface area contributed by atoms with Crippen molar-refractivity contribution in [2.24, 2.45) is 17.8 Å². The Balaban J connectivity index is 1.28. The van der Waals surface area contributed by atoms with Gasteiger partial charge in [-0.3, -0.25) is 24.1 Å². The third kappa shape index (κ3) is 7.74. The Morgan fingerprint density at radius 3 is 2.62 bits per heavy atom. The number of carboxylic acids is 1. The van der Waals surface area contributed by atoms with Crippen LogP contribution in [0.4, 0.5) is 5.69 Å². The predicted octanol–water partition coefficient (Wildman–Crippen LogP) is 5.27. The average molecular weight is 767 g/mol. The lowest BCUT2D eigenvalue weighted by Gasteiger charge is -2.52. The summed E-state index contributed by atoms with van der Waals surface area (Å²) in [7, 11) is -1.17. The van der Waals surface area contributed by atoms with E-state index in [4.69, 9.17) is 21.1 Å². The van der Waals surface area contributed by atoms with Crippen molar-refractivity contribution in [3.8, 4) is 5.75 Å². The first-order chi connectivity index (χ1) is 25.3. The monoisotopic (exact) mass is 766 g/mol. The lowest BCUT2D eigenvalue weighted by molar-refractivity contribution is -0.139. The second-order valence-electron chi connectivity index (χ2n) is 16.3. The van der Waals surface area contributed by atoms with Crippen LogP contribution >= 0.6 is 11.6 Å². The van der Waals surface area contributed by atoms with Crippen LogP contribution in [-0.2, 0) is 31.1 Å². The van der Waals surface area contributed by atoms with Gasteiger partial charge in [0.05, 0.1) is 28.5 Å². The average Bonchev–Trinajstić information content (AvgIpc) is 3.26. The van der Waals surface area contributed by atoms with Gasteiger partial charge in [-0.2, -0.15) is 0 Å². The summed E-state index contributed by atoms with van der Waals surface area (Å²) in [6, 6.07) is 11.9. The molecule has 1 unspecified atom stereocenters. The molecule has 3 aliphatic heterocycles. The number of amides is 1. The van der Waals surface area contributed by atoms with E-state index >= 15 is 0 Å². The summed E-state index contributed by atoms with van der Waals surface area (Å²) in [5, 5.41) is 9.74. The number of rotatable bonds is 5. The highest BCUT2D eigenvalue weighted by Crippen LogP contribution is 2.49. The lowest BCUT2D eigenvalue weighted by Crippen LogP contribution is -2.59. The number of piperazine rings is 1. The van der Waals surface area contributed by atoms with Crippen LogP contribution in [0.1, 0.15) is 67.4 Å². The van der Waals surface area contributed by atoms with Gasteiger partial charge in [0, 0.05) is 74.2 Å². The van der Waals surface area contributed by atoms with Gasteiger partial charge >= 0.3 is 5.97 Å². The number of allylic oxidation sites excluding steroid dienone is 1. The molecule has 0 radical (unpaired) electrons. The SMILES string of the molecule is C=S1(=O)NC(=O)c2ccc3c(c2)N(C[C@@H]2CC[C@H]2[C@@](CN2CCN(CC(=O)O)CC2)(OC)/C=C/C[C@H](C)[C@H]1C)C[C@@]1(CCCc2cc(Cl)ccc21)CO3. The fourth-order valence-corrected chi connectivity index (χ4v) is 11.2. The first kappa shape index (κ1) is 38.2. The largest absolute Gasteiger partial charge is 0.490 e. The summed E-state index contributed by atoms with van der Waals surface area (Å²) in [6.45, 7) is 9.67. The smallest absolute Gasteiger partial charge is 0.317 e. The third-order valence-corrected chi connectivity index (χ3v) is 15.5. The highest BCUT2D eigenvalue weighted by atomic mass is 35.5. The van der Waals surface area contributed by atoms with Crippen molar-refractivity contribution in [1.82, 2.24) is 14.5 Å². The highest BCUT2D eigenvalue weighted by molar-refractivity contribution is 7.99. The molecule has 2 fully saturated rings. The van der Waals surface area contributed by atoms with E-state index in [1.807, 2.05) is 37.1 Å². The number of anilines is 1. The maximum Gasteiger partial charge on any atom is 0.317 e. The number of benzene rings is 2. The van der Waals surface area contributed by atoms with Crippen molar-refractivity contribution in [2.45, 2.75) is 68.6 Å². The number of carbonyl (C=O) groups is 2. The maximum atomic E-state index is 14.0. The van der Waals surface area contributed by atoms with Gasteiger partial charge in [0.25, 0.3) is 5.91 Å². The quantitative estimate of drug-likeness (QED) is 0.311. The van der Waals surface area contributed by atoms with Crippen molar-refractivity contribution in [3.63, 3.8) is 0 Å². The van der Waals surface area contributed by atoms with Gasteiger partial charge in [-0.15, -0.1) is 0 Å². The van der Waals surface area contributed by atoms with Crippen LogP contribution in [0.15, 0.2) is 48.6 Å². The van der Waals surface area contributed by atoms with E-state index in [9.17, 15) is 18.9 Å². The molecule has 7 atom stereocenters. The minimum Gasteiger partial charge on any atom is -0.490 e. The molecular weight excluding hydrogens is 712 g/mol. The zero-order valence-corrected chi connectivity index (χ0v) is 32.9. The molecule has 1 saturated carbocycles. The summed E-state index contributed by atoms with van der Waals surface area (Å²) in [4.78, 5) is 32.1. The molecule has 7 rings (SSSR count). The van der Waals surface area contributed by atoms with E-state index in [1.54, 1.807) is 6.07 Å². The zero-order valence-electron chi connectivity index (χ0n) is 31.4. The first-order valence-electron chi connectivity index (χ1n) is 19.2. The van der Waals surface area contributed by atoms with Crippen molar-refractivity contribution in [1.29, 1.82) is 0 Å². The number of carbonyl (C=O) groups excluding carboxylic acids is 1. The highest BCUT2D eigenvalue weighted by Gasteiger charge is 2.50. The summed E-state index contributed by atoms with van der Waals surface area (Å²) < 4.78 is 30.2. The van der Waals surface area contributed by atoms with E-state index in [2.05, 4.69) is 51.6 Å². The number of nitrogens with one attached hydrogen (secondary N) is 1. The Bertz CT molecular complexity index is 1850. The summed E-state index contributed by atoms with van der Waals surface area (Å²) >= 11 is 6.50. The number of carboxylic acid groups (broad SMARTS) is 1. The molecule has 2 aliphatic carbocycles. The predicted molar refractivity (Wildman–Crippen MR) is 212 cm³/mol. The molecule has 2 N–H and O–H groups in total. The Morgan fingerprint density at radius 2 is 1.91 bits per heavy atom. The van der Waals surface area contributed by atoms with Crippen LogP contribution in [0.5, 0.6) is 5.75 Å². The number of aryl methyl sites for hydroxylation is 1. The maximum absolute atomic E-state index is 14.0. The van der Waals surface area contributed by atoms with Crippen LogP contribution in [0, 0.1) is 17.8 Å². The molecule has 0 aromatic heterocycles. The normalized spacial score (nSPS) is 34.5. The number of fused-ring (bicyclic) bond motifs is 4. The second-order valence-corrected chi connectivity index (χ2v) is 19.2. The number of nitrogens with zero attached hydrogens (tertiary/aromatic N) is 3. The van der Waals surface area contributed by atoms with Crippen molar-refractivity contribution >= 4 is 44.7 Å². The number of methoxy groups -OCH3 is 1. The Hall–Kier alpha value is -3.09. The van der Waals surface area contributed by atoms with Crippen molar-refractivity contribution < 1.29 is 28.4 Å². The topological polar surface area (TPSA) is 112 Å². The molecule has 288 valence electrons. The zero-order chi connectivity index (χ0) is 37.5. The molecule has 2 bridgehead atoms. The van der Waals surface area contributed by atoms with Gasteiger partial charge < -0.3 is 19.5 Å². The minimum absolute atomic E-state index is 0.0175. The van der Waals surface area contributed by atoms with Crippen molar-refractivity contribution in [2.75, 3.05) is 71.0 Å². The molecule has 1 saturated heterocycles. The first-order valence-corrected chi connectivity index (χ1v) is 21.4. The molecule has 2 aromatic rings. The van der Waals surface area contributed by atoms with Gasteiger partial charge in [0.2, 0.25) is 0 Å².